The van der Waals surface area contributed by atoms with Gasteiger partial charge < -0.3 is 9.53 Å². The lowest BCUT2D eigenvalue weighted by atomic mass is 9.91. The van der Waals surface area contributed by atoms with Gasteiger partial charge in [0.1, 0.15) is 0 Å². The molecule has 0 saturated carbocycles. The Hall–Kier alpha value is -1.60. The van der Waals surface area contributed by atoms with Crippen LogP contribution in [-0.2, 0) is 33.0 Å². The Morgan fingerprint density at radius 2 is 0.955 bits per heavy atom. The van der Waals surface area contributed by atoms with Gasteiger partial charge in [-0.15, -0.1) is 0 Å². The third-order valence-corrected chi connectivity index (χ3v) is 15.6. The maximum absolute atomic E-state index is 11.6. The molecular formula is C33H56O8S2Si. The third kappa shape index (κ3) is 13.4. The van der Waals surface area contributed by atoms with E-state index in [1.165, 1.54) is 0 Å². The Bertz CT molecular complexity index is 1260. The number of hydrogen-bond donors (Lipinski definition) is 1. The van der Waals surface area contributed by atoms with Crippen LogP contribution in [0.1, 0.15) is 91.2 Å². The predicted octanol–water partition coefficient (Wildman–Crippen LogP) is 7.23. The molecule has 0 heterocycles. The van der Waals surface area contributed by atoms with Gasteiger partial charge in [0.15, 0.2) is 8.32 Å². The van der Waals surface area contributed by atoms with Crippen LogP contribution in [0, 0.1) is 0 Å². The summed E-state index contributed by atoms with van der Waals surface area (Å²) < 4.78 is 62.4. The zero-order valence-electron chi connectivity index (χ0n) is 28.3. The van der Waals surface area contributed by atoms with E-state index in [0.29, 0.717) is 29.7 Å². The standard InChI is InChI=1S/C21H38O4SSi.C12H18O4S/c1-16(2)27(17(3)4,18(5)6)24-15-14-21(19(7)25-26(8,22)23)20-12-10-9-11-13-20;1-10(16-17(2,14)15)12(8-9-13)11-6-4-3-5-7-11/h9-13,16-19,21H,14-15H2,1-8H3;3-7,10,12-13H,8-9H2,1-2H3. The molecule has 2 rings (SSSR count). The summed E-state index contributed by atoms with van der Waals surface area (Å²) in [6, 6.07) is 19.5. The monoisotopic (exact) mass is 672 g/mol. The first kappa shape index (κ1) is 40.4. The van der Waals surface area contributed by atoms with Gasteiger partial charge in [-0.3, -0.25) is 8.37 Å². The van der Waals surface area contributed by atoms with Crippen molar-refractivity contribution in [2.75, 3.05) is 25.7 Å². The number of benzene rings is 2. The molecule has 4 atom stereocenters. The van der Waals surface area contributed by atoms with Crippen molar-refractivity contribution < 1.29 is 34.7 Å². The normalized spacial score (nSPS) is 15.5. The van der Waals surface area contributed by atoms with Crippen LogP contribution < -0.4 is 0 Å². The van der Waals surface area contributed by atoms with Crippen molar-refractivity contribution in [3.63, 3.8) is 0 Å². The summed E-state index contributed by atoms with van der Waals surface area (Å²) in [6.45, 7) is 17.8. The van der Waals surface area contributed by atoms with Crippen molar-refractivity contribution in [1.29, 1.82) is 0 Å². The van der Waals surface area contributed by atoms with Gasteiger partial charge in [-0.1, -0.05) is 102 Å². The second-order valence-corrected chi connectivity index (χ2v) is 21.2. The van der Waals surface area contributed by atoms with E-state index in [1.54, 1.807) is 6.92 Å². The largest absolute Gasteiger partial charge is 0.416 e. The third-order valence-electron chi connectivity index (χ3n) is 8.17. The lowest BCUT2D eigenvalue weighted by Crippen LogP contribution is -2.48. The van der Waals surface area contributed by atoms with E-state index in [0.717, 1.165) is 30.1 Å². The van der Waals surface area contributed by atoms with Crippen LogP contribution in [-0.4, -0.2) is 68.2 Å². The van der Waals surface area contributed by atoms with Crippen molar-refractivity contribution in [2.45, 2.75) is 109 Å². The van der Waals surface area contributed by atoms with E-state index in [4.69, 9.17) is 17.9 Å². The molecule has 44 heavy (non-hydrogen) atoms. The first-order valence-electron chi connectivity index (χ1n) is 15.5. The van der Waals surface area contributed by atoms with Gasteiger partial charge in [-0.2, -0.15) is 16.8 Å². The molecule has 0 radical (unpaired) electrons. The van der Waals surface area contributed by atoms with E-state index < -0.39 is 40.8 Å². The van der Waals surface area contributed by atoms with Gasteiger partial charge in [-0.25, -0.2) is 0 Å². The van der Waals surface area contributed by atoms with Gasteiger partial charge in [0.25, 0.3) is 20.2 Å². The minimum Gasteiger partial charge on any atom is -0.416 e. The summed E-state index contributed by atoms with van der Waals surface area (Å²) in [5.74, 6) is -0.157. The molecule has 0 fully saturated rings. The van der Waals surface area contributed by atoms with Gasteiger partial charge in [0.05, 0.1) is 24.7 Å². The molecular weight excluding hydrogens is 617 g/mol. The number of rotatable bonds is 17. The Kier molecular flexibility index (Phi) is 17.0. The molecule has 0 aliphatic carbocycles. The quantitative estimate of drug-likeness (QED) is 0.138. The predicted molar refractivity (Wildman–Crippen MR) is 182 cm³/mol. The van der Waals surface area contributed by atoms with Crippen LogP contribution in [0.4, 0.5) is 0 Å². The zero-order chi connectivity index (χ0) is 33.7. The molecule has 1 N–H and O–H groups in total. The average Bonchev–Trinajstić information content (AvgIpc) is 2.90. The van der Waals surface area contributed by atoms with Crippen molar-refractivity contribution in [1.82, 2.24) is 0 Å². The van der Waals surface area contributed by atoms with Gasteiger partial charge in [0, 0.05) is 25.0 Å². The molecule has 8 nitrogen and oxygen atoms in total. The van der Waals surface area contributed by atoms with E-state index >= 15 is 0 Å². The maximum Gasteiger partial charge on any atom is 0.264 e. The van der Waals surface area contributed by atoms with Crippen LogP contribution in [0.25, 0.3) is 0 Å². The highest BCUT2D eigenvalue weighted by molar-refractivity contribution is 7.86. The van der Waals surface area contributed by atoms with E-state index in [1.807, 2.05) is 67.6 Å². The van der Waals surface area contributed by atoms with Crippen molar-refractivity contribution in [3.8, 4) is 0 Å². The molecule has 0 bridgehead atoms. The van der Waals surface area contributed by atoms with Crippen molar-refractivity contribution in [3.05, 3.63) is 71.8 Å². The van der Waals surface area contributed by atoms with E-state index in [-0.39, 0.29) is 18.4 Å². The smallest absolute Gasteiger partial charge is 0.264 e. The summed E-state index contributed by atoms with van der Waals surface area (Å²) in [7, 11) is -8.91. The fourth-order valence-electron chi connectivity index (χ4n) is 6.43. The molecule has 0 saturated heterocycles. The molecule has 0 aromatic heterocycles. The second kappa shape index (κ2) is 18.5. The minimum atomic E-state index is -3.50. The van der Waals surface area contributed by atoms with Crippen molar-refractivity contribution in [2.24, 2.45) is 0 Å². The fraction of sp³-hybridized carbons (Fsp3) is 0.636. The highest BCUT2D eigenvalue weighted by Crippen LogP contribution is 2.42. The lowest BCUT2D eigenvalue weighted by Gasteiger charge is -2.42. The lowest BCUT2D eigenvalue weighted by molar-refractivity contribution is 0.171. The summed E-state index contributed by atoms with van der Waals surface area (Å²) in [4.78, 5) is 0. The Morgan fingerprint density at radius 3 is 1.25 bits per heavy atom. The average molecular weight is 673 g/mol. The van der Waals surface area contributed by atoms with Crippen LogP contribution in [0.2, 0.25) is 16.6 Å². The molecule has 0 aliphatic rings. The summed E-state index contributed by atoms with van der Waals surface area (Å²) in [5, 5.41) is 9.04. The molecule has 252 valence electrons. The van der Waals surface area contributed by atoms with Gasteiger partial charge in [0.2, 0.25) is 0 Å². The first-order chi connectivity index (χ1) is 20.4. The Balaban J connectivity index is 0.000000488. The number of aliphatic hydroxyl groups excluding tert-OH is 1. The van der Waals surface area contributed by atoms with E-state index in [9.17, 15) is 16.8 Å². The SMILES string of the molecule is CC(OS(C)(=O)=O)C(CCO)c1ccccc1.CC(OS(C)(=O)=O)C(CCO[Si](C(C)C)(C(C)C)C(C)C)c1ccccc1. The summed E-state index contributed by atoms with van der Waals surface area (Å²) in [6.07, 6.45) is 2.43. The Morgan fingerprint density at radius 1 is 0.614 bits per heavy atom. The molecule has 0 amide bonds. The number of aliphatic hydroxyl groups is 1. The second-order valence-electron chi connectivity index (χ2n) is 12.5. The highest BCUT2D eigenvalue weighted by Gasteiger charge is 2.45. The molecule has 0 aliphatic heterocycles. The van der Waals surface area contributed by atoms with Crippen LogP contribution >= 0.6 is 0 Å². The zero-order valence-corrected chi connectivity index (χ0v) is 30.9. The Labute approximate surface area is 268 Å². The maximum atomic E-state index is 11.6. The molecule has 11 heteroatoms. The highest BCUT2D eigenvalue weighted by atomic mass is 32.2. The fourth-order valence-corrected chi connectivity index (χ4v) is 13.3. The molecule has 2 aromatic rings. The van der Waals surface area contributed by atoms with Crippen LogP contribution in [0.5, 0.6) is 0 Å². The summed E-state index contributed by atoms with van der Waals surface area (Å²) >= 11 is 0. The van der Waals surface area contributed by atoms with Gasteiger partial charge >= 0.3 is 0 Å². The van der Waals surface area contributed by atoms with Crippen molar-refractivity contribution >= 4 is 28.6 Å². The molecule has 4 unspecified atom stereocenters. The topological polar surface area (TPSA) is 116 Å². The van der Waals surface area contributed by atoms with Gasteiger partial charge in [-0.05, 0) is 54.4 Å². The molecule has 2 aromatic carbocycles. The minimum absolute atomic E-state index is 0.00295. The van der Waals surface area contributed by atoms with E-state index in [2.05, 4.69) is 41.5 Å². The number of hydrogen-bond acceptors (Lipinski definition) is 8. The first-order valence-corrected chi connectivity index (χ1v) is 21.2. The van der Waals surface area contributed by atoms with Crippen LogP contribution in [0.3, 0.4) is 0 Å². The summed E-state index contributed by atoms with van der Waals surface area (Å²) in [5.41, 5.74) is 3.63. The van der Waals surface area contributed by atoms with Crippen LogP contribution in [0.15, 0.2) is 60.7 Å². The molecule has 0 spiro atoms.